The van der Waals surface area contributed by atoms with Crippen molar-refractivity contribution in [1.82, 2.24) is 5.32 Å². The monoisotopic (exact) mass is 325 g/mol. The summed E-state index contributed by atoms with van der Waals surface area (Å²) in [6.07, 6.45) is -3.39. The first kappa shape index (κ1) is 20.6. The van der Waals surface area contributed by atoms with Crippen LogP contribution in [0.3, 0.4) is 0 Å². The van der Waals surface area contributed by atoms with E-state index in [1.165, 1.54) is 20.8 Å². The van der Waals surface area contributed by atoms with E-state index in [4.69, 9.17) is 4.74 Å². The van der Waals surface area contributed by atoms with Crippen LogP contribution in [0.25, 0.3) is 0 Å². The van der Waals surface area contributed by atoms with Crippen LogP contribution in [0.5, 0.6) is 0 Å². The largest absolute Gasteiger partial charge is 0.461 e. The van der Waals surface area contributed by atoms with Gasteiger partial charge in [-0.15, -0.1) is 0 Å². The molecule has 8 heteroatoms. The number of alkyl carbamates (subject to hydrolysis) is 1. The molecule has 0 heterocycles. The molecule has 0 aliphatic rings. The molecular weight excluding hydrogens is 300 g/mol. The highest BCUT2D eigenvalue weighted by Gasteiger charge is 2.52. The average molecular weight is 325 g/mol. The number of halogens is 2. The van der Waals surface area contributed by atoms with E-state index in [-0.39, 0.29) is 6.61 Å². The Morgan fingerprint density at radius 3 is 2.09 bits per heavy atom. The SMILES string of the molecule is CCOC(=O)C(F)(F)[C@H](O)[C@H](NC(=O)OC(C)(C)C)C(C)C. The number of esters is 1. The Labute approximate surface area is 129 Å². The Morgan fingerprint density at radius 1 is 1.23 bits per heavy atom. The number of alkyl halides is 2. The second-order valence-corrected chi connectivity index (χ2v) is 6.20. The molecule has 0 aliphatic carbocycles. The Hall–Kier alpha value is -1.44. The number of nitrogens with one attached hydrogen (secondary N) is 1. The van der Waals surface area contributed by atoms with Crippen LogP contribution in [0.2, 0.25) is 0 Å². The lowest BCUT2D eigenvalue weighted by molar-refractivity contribution is -0.192. The van der Waals surface area contributed by atoms with Crippen LogP contribution in [-0.2, 0) is 14.3 Å². The molecule has 0 saturated heterocycles. The van der Waals surface area contributed by atoms with Crippen molar-refractivity contribution in [2.45, 2.75) is 65.2 Å². The Morgan fingerprint density at radius 2 is 1.73 bits per heavy atom. The zero-order valence-corrected chi connectivity index (χ0v) is 13.8. The molecule has 0 aromatic heterocycles. The van der Waals surface area contributed by atoms with E-state index >= 15 is 0 Å². The molecule has 0 bridgehead atoms. The van der Waals surface area contributed by atoms with Crippen LogP contribution in [-0.4, -0.2) is 47.4 Å². The van der Waals surface area contributed by atoms with Crippen molar-refractivity contribution in [3.63, 3.8) is 0 Å². The molecule has 0 spiro atoms. The topological polar surface area (TPSA) is 84.9 Å². The van der Waals surface area contributed by atoms with Gasteiger partial charge >= 0.3 is 18.0 Å². The molecule has 0 fully saturated rings. The smallest absolute Gasteiger partial charge is 0.407 e. The summed E-state index contributed by atoms with van der Waals surface area (Å²) in [7, 11) is 0. The van der Waals surface area contributed by atoms with E-state index in [2.05, 4.69) is 10.1 Å². The number of amides is 1. The van der Waals surface area contributed by atoms with E-state index in [1.54, 1.807) is 20.8 Å². The van der Waals surface area contributed by atoms with Crippen LogP contribution >= 0.6 is 0 Å². The maximum absolute atomic E-state index is 13.9. The molecule has 0 aliphatic heterocycles. The molecule has 6 nitrogen and oxygen atoms in total. The highest BCUT2D eigenvalue weighted by atomic mass is 19.3. The quantitative estimate of drug-likeness (QED) is 0.731. The maximum atomic E-state index is 13.9. The van der Waals surface area contributed by atoms with Crippen molar-refractivity contribution < 1.29 is 33.0 Å². The summed E-state index contributed by atoms with van der Waals surface area (Å²) < 4.78 is 37.0. The predicted octanol–water partition coefficient (Wildman–Crippen LogP) is 2.09. The Balaban J connectivity index is 5.09. The molecule has 130 valence electrons. The fourth-order valence-corrected chi connectivity index (χ4v) is 1.63. The maximum Gasteiger partial charge on any atom is 0.407 e. The minimum absolute atomic E-state index is 0.243. The molecule has 0 aromatic carbocycles. The fourth-order valence-electron chi connectivity index (χ4n) is 1.63. The summed E-state index contributed by atoms with van der Waals surface area (Å²) in [6, 6.07) is -1.38. The van der Waals surface area contributed by atoms with Gasteiger partial charge in [0, 0.05) is 0 Å². The van der Waals surface area contributed by atoms with Gasteiger partial charge in [0.05, 0.1) is 12.6 Å². The third kappa shape index (κ3) is 6.13. The standard InChI is InChI=1S/C14H25F2NO5/c1-7-21-11(19)14(15,16)10(18)9(8(2)3)17-12(20)22-13(4,5)6/h8-10,18H,7H2,1-6H3,(H,17,20)/t9-,10-/m1/s1. The highest BCUT2D eigenvalue weighted by molar-refractivity contribution is 5.78. The number of ether oxygens (including phenoxy) is 2. The van der Waals surface area contributed by atoms with E-state index in [1.807, 2.05) is 0 Å². The normalized spacial score (nSPS) is 15.2. The number of aliphatic hydroxyl groups is 1. The van der Waals surface area contributed by atoms with Crippen molar-refractivity contribution in [2.24, 2.45) is 5.92 Å². The molecule has 2 N–H and O–H groups in total. The van der Waals surface area contributed by atoms with Gasteiger partial charge in [0.25, 0.3) is 0 Å². The molecular formula is C14H25F2NO5. The van der Waals surface area contributed by atoms with Gasteiger partial charge in [0.15, 0.2) is 0 Å². The van der Waals surface area contributed by atoms with Gasteiger partial charge in [-0.05, 0) is 33.6 Å². The fraction of sp³-hybridized carbons (Fsp3) is 0.857. The first-order valence-electron chi connectivity index (χ1n) is 7.05. The van der Waals surface area contributed by atoms with Crippen molar-refractivity contribution in [2.75, 3.05) is 6.61 Å². The molecule has 0 radical (unpaired) electrons. The molecule has 22 heavy (non-hydrogen) atoms. The average Bonchev–Trinajstić information content (AvgIpc) is 2.32. The minimum Gasteiger partial charge on any atom is -0.461 e. The van der Waals surface area contributed by atoms with Gasteiger partial charge in [-0.25, -0.2) is 9.59 Å². The summed E-state index contributed by atoms with van der Waals surface area (Å²) in [6.45, 7) is 9.01. The Kier molecular flexibility index (Phi) is 7.21. The summed E-state index contributed by atoms with van der Waals surface area (Å²) in [5.74, 6) is -6.54. The van der Waals surface area contributed by atoms with Gasteiger partial charge < -0.3 is 19.9 Å². The van der Waals surface area contributed by atoms with Gasteiger partial charge in [-0.1, -0.05) is 13.8 Å². The van der Waals surface area contributed by atoms with Gasteiger partial charge in [0.1, 0.15) is 11.7 Å². The summed E-state index contributed by atoms with van der Waals surface area (Å²) in [4.78, 5) is 23.0. The number of rotatable bonds is 6. The van der Waals surface area contributed by atoms with E-state index < -0.39 is 41.6 Å². The second kappa shape index (κ2) is 7.71. The lowest BCUT2D eigenvalue weighted by atomic mass is 9.94. The van der Waals surface area contributed by atoms with Crippen LogP contribution < -0.4 is 5.32 Å². The zero-order valence-electron chi connectivity index (χ0n) is 13.8. The van der Waals surface area contributed by atoms with Crippen LogP contribution in [0.15, 0.2) is 0 Å². The van der Waals surface area contributed by atoms with Gasteiger partial charge in [0.2, 0.25) is 0 Å². The zero-order chi connectivity index (χ0) is 17.7. The summed E-state index contributed by atoms with van der Waals surface area (Å²) >= 11 is 0. The predicted molar refractivity (Wildman–Crippen MR) is 75.6 cm³/mol. The number of hydrogen-bond acceptors (Lipinski definition) is 5. The molecule has 0 aromatic rings. The van der Waals surface area contributed by atoms with Crippen LogP contribution in [0.1, 0.15) is 41.5 Å². The number of hydrogen-bond donors (Lipinski definition) is 2. The van der Waals surface area contributed by atoms with Crippen LogP contribution in [0.4, 0.5) is 13.6 Å². The third-order valence-corrected chi connectivity index (χ3v) is 2.66. The lowest BCUT2D eigenvalue weighted by Crippen LogP contribution is -2.57. The first-order chi connectivity index (χ1) is 9.82. The number of aliphatic hydroxyl groups excluding tert-OH is 1. The molecule has 0 rings (SSSR count). The van der Waals surface area contributed by atoms with E-state index in [0.29, 0.717) is 0 Å². The van der Waals surface area contributed by atoms with Crippen molar-refractivity contribution >= 4 is 12.1 Å². The van der Waals surface area contributed by atoms with Crippen molar-refractivity contribution in [1.29, 1.82) is 0 Å². The van der Waals surface area contributed by atoms with Gasteiger partial charge in [-0.3, -0.25) is 0 Å². The molecule has 2 atom stereocenters. The number of carbonyl (C=O) groups is 2. The summed E-state index contributed by atoms with van der Waals surface area (Å²) in [5.41, 5.74) is -0.819. The number of carbonyl (C=O) groups excluding carboxylic acids is 2. The van der Waals surface area contributed by atoms with Crippen molar-refractivity contribution in [3.05, 3.63) is 0 Å². The van der Waals surface area contributed by atoms with Crippen molar-refractivity contribution in [3.8, 4) is 0 Å². The van der Waals surface area contributed by atoms with E-state index in [0.717, 1.165) is 0 Å². The molecule has 0 saturated carbocycles. The Bertz CT molecular complexity index is 393. The minimum atomic E-state index is -4.14. The lowest BCUT2D eigenvalue weighted by Gasteiger charge is -2.32. The summed E-state index contributed by atoms with van der Waals surface area (Å²) in [5, 5.41) is 12.0. The van der Waals surface area contributed by atoms with E-state index in [9.17, 15) is 23.5 Å². The first-order valence-corrected chi connectivity index (χ1v) is 7.05. The second-order valence-electron chi connectivity index (χ2n) is 6.20. The molecule has 0 unspecified atom stereocenters. The van der Waals surface area contributed by atoms with Gasteiger partial charge in [-0.2, -0.15) is 8.78 Å². The molecule has 1 amide bonds. The van der Waals surface area contributed by atoms with Crippen LogP contribution in [0, 0.1) is 5.92 Å². The third-order valence-electron chi connectivity index (χ3n) is 2.66. The highest BCUT2D eigenvalue weighted by Crippen LogP contribution is 2.26.